The summed E-state index contributed by atoms with van der Waals surface area (Å²) >= 11 is 3.50. The normalized spacial score (nSPS) is 20.1. The Morgan fingerprint density at radius 1 is 1.30 bits per heavy atom. The van der Waals surface area contributed by atoms with E-state index >= 15 is 0 Å². The SMILES string of the molecule is CN(CC1CCCCC1)C(=O)c1cc(Br)cn1C1CC1. The van der Waals surface area contributed by atoms with Crippen molar-refractivity contribution < 1.29 is 4.79 Å². The molecule has 2 aliphatic rings. The van der Waals surface area contributed by atoms with Gasteiger partial charge in [-0.15, -0.1) is 0 Å². The average Bonchev–Trinajstić information content (AvgIpc) is 3.22. The van der Waals surface area contributed by atoms with Gasteiger partial charge in [-0.1, -0.05) is 19.3 Å². The van der Waals surface area contributed by atoms with Crippen molar-refractivity contribution in [3.63, 3.8) is 0 Å². The minimum absolute atomic E-state index is 0.174. The Bertz CT molecular complexity index is 487. The fourth-order valence-electron chi connectivity index (χ4n) is 3.31. The Hall–Kier alpha value is -0.770. The van der Waals surface area contributed by atoms with Crippen LogP contribution in [0.5, 0.6) is 0 Å². The Kier molecular flexibility index (Phi) is 4.20. The first-order chi connectivity index (χ1) is 9.65. The maximum Gasteiger partial charge on any atom is 0.270 e. The molecule has 2 saturated carbocycles. The predicted octanol–water partition coefficient (Wildman–Crippen LogP) is 4.24. The van der Waals surface area contributed by atoms with E-state index in [1.54, 1.807) is 0 Å². The zero-order valence-corrected chi connectivity index (χ0v) is 13.7. The van der Waals surface area contributed by atoms with Crippen LogP contribution in [0, 0.1) is 5.92 Å². The molecular formula is C16H23BrN2O. The Morgan fingerprint density at radius 3 is 2.65 bits per heavy atom. The van der Waals surface area contributed by atoms with Crippen LogP contribution in [0.25, 0.3) is 0 Å². The van der Waals surface area contributed by atoms with Crippen molar-refractivity contribution in [2.24, 2.45) is 5.92 Å². The van der Waals surface area contributed by atoms with E-state index in [1.165, 1.54) is 44.9 Å². The van der Waals surface area contributed by atoms with Crippen LogP contribution in [0.2, 0.25) is 0 Å². The van der Waals surface area contributed by atoms with Gasteiger partial charge in [-0.05, 0) is 53.6 Å². The summed E-state index contributed by atoms with van der Waals surface area (Å²) in [7, 11) is 1.95. The highest BCUT2D eigenvalue weighted by Gasteiger charge is 2.29. The molecule has 0 radical (unpaired) electrons. The summed E-state index contributed by atoms with van der Waals surface area (Å²) in [6.45, 7) is 0.909. The van der Waals surface area contributed by atoms with Gasteiger partial charge in [0.15, 0.2) is 0 Å². The van der Waals surface area contributed by atoms with Crippen molar-refractivity contribution in [2.75, 3.05) is 13.6 Å². The molecule has 1 heterocycles. The van der Waals surface area contributed by atoms with Crippen molar-refractivity contribution in [3.8, 4) is 0 Å². The molecule has 1 aromatic heterocycles. The largest absolute Gasteiger partial charge is 0.340 e. The minimum Gasteiger partial charge on any atom is -0.340 e. The van der Waals surface area contributed by atoms with E-state index < -0.39 is 0 Å². The monoisotopic (exact) mass is 338 g/mol. The first-order valence-electron chi connectivity index (χ1n) is 7.78. The lowest BCUT2D eigenvalue weighted by molar-refractivity contribution is 0.0749. The number of hydrogen-bond donors (Lipinski definition) is 0. The third kappa shape index (κ3) is 3.11. The van der Waals surface area contributed by atoms with Gasteiger partial charge in [0.1, 0.15) is 5.69 Å². The molecule has 1 amide bonds. The molecular weight excluding hydrogens is 316 g/mol. The molecule has 0 bridgehead atoms. The van der Waals surface area contributed by atoms with E-state index in [1.807, 2.05) is 18.0 Å². The van der Waals surface area contributed by atoms with Crippen molar-refractivity contribution in [1.29, 1.82) is 0 Å². The van der Waals surface area contributed by atoms with E-state index in [4.69, 9.17) is 0 Å². The van der Waals surface area contributed by atoms with Gasteiger partial charge in [0.2, 0.25) is 0 Å². The van der Waals surface area contributed by atoms with E-state index in [0.29, 0.717) is 12.0 Å². The average molecular weight is 339 g/mol. The van der Waals surface area contributed by atoms with Gasteiger partial charge < -0.3 is 9.47 Å². The van der Waals surface area contributed by atoms with E-state index in [2.05, 4.69) is 26.7 Å². The summed E-state index contributed by atoms with van der Waals surface area (Å²) in [6, 6.07) is 2.52. The van der Waals surface area contributed by atoms with E-state index in [9.17, 15) is 4.79 Å². The van der Waals surface area contributed by atoms with Gasteiger partial charge in [0.05, 0.1) is 0 Å². The highest BCUT2D eigenvalue weighted by molar-refractivity contribution is 9.10. The van der Waals surface area contributed by atoms with Crippen LogP contribution in [0.15, 0.2) is 16.7 Å². The molecule has 2 aliphatic carbocycles. The predicted molar refractivity (Wildman–Crippen MR) is 83.9 cm³/mol. The fourth-order valence-corrected chi connectivity index (χ4v) is 3.74. The first kappa shape index (κ1) is 14.2. The van der Waals surface area contributed by atoms with Gasteiger partial charge in [-0.3, -0.25) is 4.79 Å². The molecule has 110 valence electrons. The summed E-state index contributed by atoms with van der Waals surface area (Å²) in [5.74, 6) is 0.874. The summed E-state index contributed by atoms with van der Waals surface area (Å²) in [4.78, 5) is 14.6. The molecule has 0 N–H and O–H groups in total. The number of carbonyl (C=O) groups excluding carboxylic acids is 1. The molecule has 0 atom stereocenters. The quantitative estimate of drug-likeness (QED) is 0.806. The second-order valence-corrected chi connectivity index (χ2v) is 7.29. The highest BCUT2D eigenvalue weighted by atomic mass is 79.9. The zero-order valence-electron chi connectivity index (χ0n) is 12.1. The van der Waals surface area contributed by atoms with Crippen molar-refractivity contribution in [3.05, 3.63) is 22.4 Å². The number of rotatable bonds is 4. The van der Waals surface area contributed by atoms with Crippen molar-refractivity contribution in [2.45, 2.75) is 51.0 Å². The maximum atomic E-state index is 12.7. The summed E-state index contributed by atoms with van der Waals surface area (Å²) < 4.78 is 3.17. The molecule has 4 heteroatoms. The third-order valence-electron chi connectivity index (χ3n) is 4.58. The van der Waals surface area contributed by atoms with Crippen LogP contribution >= 0.6 is 15.9 Å². The number of halogens is 1. The lowest BCUT2D eigenvalue weighted by Crippen LogP contribution is -2.33. The molecule has 2 fully saturated rings. The molecule has 0 aromatic carbocycles. The van der Waals surface area contributed by atoms with Crippen LogP contribution in [-0.4, -0.2) is 29.0 Å². The highest BCUT2D eigenvalue weighted by Crippen LogP contribution is 2.37. The minimum atomic E-state index is 0.174. The second kappa shape index (κ2) is 5.92. The standard InChI is InChI=1S/C16H23BrN2O/c1-18(10-12-5-3-2-4-6-12)16(20)15-9-13(17)11-19(15)14-7-8-14/h9,11-12,14H,2-8,10H2,1H3. The van der Waals surface area contributed by atoms with E-state index in [-0.39, 0.29) is 5.91 Å². The number of nitrogens with zero attached hydrogens (tertiary/aromatic N) is 2. The van der Waals surface area contributed by atoms with Crippen LogP contribution in [0.4, 0.5) is 0 Å². The smallest absolute Gasteiger partial charge is 0.270 e. The van der Waals surface area contributed by atoms with Gasteiger partial charge in [-0.2, -0.15) is 0 Å². The first-order valence-corrected chi connectivity index (χ1v) is 8.57. The molecule has 0 unspecified atom stereocenters. The van der Waals surface area contributed by atoms with Crippen LogP contribution < -0.4 is 0 Å². The topological polar surface area (TPSA) is 25.2 Å². The zero-order chi connectivity index (χ0) is 14.1. The molecule has 0 spiro atoms. The summed E-state index contributed by atoms with van der Waals surface area (Å²) in [5.41, 5.74) is 0.845. The number of aromatic nitrogens is 1. The lowest BCUT2D eigenvalue weighted by atomic mass is 9.89. The Morgan fingerprint density at radius 2 is 2.00 bits per heavy atom. The lowest BCUT2D eigenvalue weighted by Gasteiger charge is -2.27. The summed E-state index contributed by atoms with van der Waals surface area (Å²) in [6.07, 6.45) is 11.1. The number of amides is 1. The van der Waals surface area contributed by atoms with Gasteiger partial charge in [0, 0.05) is 30.3 Å². The van der Waals surface area contributed by atoms with Gasteiger partial charge in [0.25, 0.3) is 5.91 Å². The van der Waals surface area contributed by atoms with Gasteiger partial charge >= 0.3 is 0 Å². The number of carbonyl (C=O) groups is 1. The van der Waals surface area contributed by atoms with Gasteiger partial charge in [-0.25, -0.2) is 0 Å². The van der Waals surface area contributed by atoms with Crippen LogP contribution in [-0.2, 0) is 0 Å². The Labute approximate surface area is 129 Å². The van der Waals surface area contributed by atoms with E-state index in [0.717, 1.165) is 16.7 Å². The molecule has 1 aromatic rings. The summed E-state index contributed by atoms with van der Waals surface area (Å²) in [5, 5.41) is 0. The second-order valence-electron chi connectivity index (χ2n) is 6.37. The van der Waals surface area contributed by atoms with Crippen LogP contribution in [0.3, 0.4) is 0 Å². The maximum absolute atomic E-state index is 12.7. The molecule has 20 heavy (non-hydrogen) atoms. The molecule has 0 aliphatic heterocycles. The molecule has 3 nitrogen and oxygen atoms in total. The number of hydrogen-bond acceptors (Lipinski definition) is 1. The van der Waals surface area contributed by atoms with Crippen LogP contribution in [0.1, 0.15) is 61.5 Å². The Balaban J connectivity index is 1.68. The van der Waals surface area contributed by atoms with Crippen molar-refractivity contribution in [1.82, 2.24) is 9.47 Å². The van der Waals surface area contributed by atoms with Crippen molar-refractivity contribution >= 4 is 21.8 Å². The molecule has 0 saturated heterocycles. The third-order valence-corrected chi connectivity index (χ3v) is 5.01. The molecule has 3 rings (SSSR count). The fraction of sp³-hybridized carbons (Fsp3) is 0.688.